The molecule has 0 spiro atoms. The summed E-state index contributed by atoms with van der Waals surface area (Å²) >= 11 is 0. The van der Waals surface area contributed by atoms with E-state index in [4.69, 9.17) is 9.84 Å². The minimum Gasteiger partial charge on any atom is -0.395 e. The summed E-state index contributed by atoms with van der Waals surface area (Å²) in [7, 11) is 0. The molecule has 4 heteroatoms. The Balaban J connectivity index is 1.97. The number of anilines is 1. The van der Waals surface area contributed by atoms with Crippen LogP contribution in [0.25, 0.3) is 0 Å². The van der Waals surface area contributed by atoms with Gasteiger partial charge in [-0.1, -0.05) is 17.9 Å². The fraction of sp³-hybridized carbons (Fsp3) is 0.438. The third kappa shape index (κ3) is 4.37. The van der Waals surface area contributed by atoms with Gasteiger partial charge in [-0.15, -0.1) is 0 Å². The molecule has 0 unspecified atom stereocenters. The molecule has 106 valence electrons. The average Bonchev–Trinajstić information content (AvgIpc) is 2.49. The molecule has 2 N–H and O–H groups in total. The van der Waals surface area contributed by atoms with Crippen LogP contribution in [0.3, 0.4) is 0 Å². The highest BCUT2D eigenvalue weighted by atomic mass is 16.5. The molecule has 0 saturated carbocycles. The van der Waals surface area contributed by atoms with Crippen LogP contribution in [0.1, 0.15) is 24.8 Å². The first kappa shape index (κ1) is 14.6. The topological polar surface area (TPSA) is 58.6 Å². The summed E-state index contributed by atoms with van der Waals surface area (Å²) in [6.07, 6.45) is 2.02. The smallest absolute Gasteiger partial charge is 0.227 e. The zero-order valence-corrected chi connectivity index (χ0v) is 11.4. The lowest BCUT2D eigenvalue weighted by atomic mass is 9.99. The van der Waals surface area contributed by atoms with E-state index in [0.29, 0.717) is 19.6 Å². The maximum Gasteiger partial charge on any atom is 0.227 e. The van der Waals surface area contributed by atoms with Gasteiger partial charge in [0.2, 0.25) is 5.91 Å². The van der Waals surface area contributed by atoms with Gasteiger partial charge in [0.1, 0.15) is 0 Å². The lowest BCUT2D eigenvalue weighted by Gasteiger charge is -2.21. The van der Waals surface area contributed by atoms with Crippen molar-refractivity contribution in [3.05, 3.63) is 29.8 Å². The summed E-state index contributed by atoms with van der Waals surface area (Å²) in [5, 5.41) is 11.6. The first-order valence-corrected chi connectivity index (χ1v) is 6.88. The van der Waals surface area contributed by atoms with Crippen molar-refractivity contribution in [1.29, 1.82) is 0 Å². The summed E-state index contributed by atoms with van der Waals surface area (Å²) in [4.78, 5) is 12.1. The summed E-state index contributed by atoms with van der Waals surface area (Å²) in [6.45, 7) is 1.38. The molecule has 0 radical (unpaired) electrons. The lowest BCUT2D eigenvalue weighted by Crippen LogP contribution is -2.28. The predicted octanol–water partition coefficient (Wildman–Crippen LogP) is 1.79. The van der Waals surface area contributed by atoms with E-state index in [2.05, 4.69) is 17.2 Å². The average molecular weight is 273 g/mol. The summed E-state index contributed by atoms with van der Waals surface area (Å²) in [5.74, 6) is 5.91. The molecule has 0 atom stereocenters. The molecule has 1 amide bonds. The lowest BCUT2D eigenvalue weighted by molar-refractivity contribution is -0.122. The van der Waals surface area contributed by atoms with Crippen LogP contribution >= 0.6 is 0 Å². The molecule has 1 aromatic rings. The van der Waals surface area contributed by atoms with E-state index >= 15 is 0 Å². The highest BCUT2D eigenvalue weighted by Gasteiger charge is 2.21. The number of hydrogen-bond donors (Lipinski definition) is 2. The van der Waals surface area contributed by atoms with Crippen LogP contribution < -0.4 is 5.32 Å². The van der Waals surface area contributed by atoms with Gasteiger partial charge < -0.3 is 15.2 Å². The molecule has 1 heterocycles. The molecular weight excluding hydrogens is 254 g/mol. The van der Waals surface area contributed by atoms with Gasteiger partial charge in [-0.05, 0) is 31.0 Å². The highest BCUT2D eigenvalue weighted by Crippen LogP contribution is 2.18. The molecule has 1 fully saturated rings. The molecule has 4 nitrogen and oxygen atoms in total. The van der Waals surface area contributed by atoms with Gasteiger partial charge in [-0.25, -0.2) is 0 Å². The van der Waals surface area contributed by atoms with E-state index in [1.165, 1.54) is 0 Å². The van der Waals surface area contributed by atoms with Crippen molar-refractivity contribution >= 4 is 11.6 Å². The van der Waals surface area contributed by atoms with E-state index in [1.807, 2.05) is 24.3 Å². The molecule has 1 saturated heterocycles. The number of aliphatic hydroxyl groups excluding tert-OH is 1. The van der Waals surface area contributed by atoms with E-state index in [0.717, 1.165) is 24.1 Å². The van der Waals surface area contributed by atoms with Crippen molar-refractivity contribution in [2.24, 2.45) is 5.92 Å². The van der Waals surface area contributed by atoms with Gasteiger partial charge in [0.25, 0.3) is 0 Å². The number of carbonyl (C=O) groups is 1. The highest BCUT2D eigenvalue weighted by molar-refractivity contribution is 5.92. The number of benzene rings is 1. The second-order valence-electron chi connectivity index (χ2n) is 4.73. The molecule has 0 aromatic heterocycles. The van der Waals surface area contributed by atoms with Gasteiger partial charge in [-0.3, -0.25) is 4.79 Å². The van der Waals surface area contributed by atoms with Crippen molar-refractivity contribution < 1.29 is 14.6 Å². The molecular formula is C16H19NO3. The predicted molar refractivity (Wildman–Crippen MR) is 77.2 cm³/mol. The van der Waals surface area contributed by atoms with Crippen molar-refractivity contribution in [1.82, 2.24) is 0 Å². The number of amides is 1. The normalized spacial score (nSPS) is 15.2. The van der Waals surface area contributed by atoms with Crippen LogP contribution in [0.5, 0.6) is 0 Å². The van der Waals surface area contributed by atoms with Gasteiger partial charge >= 0.3 is 0 Å². The van der Waals surface area contributed by atoms with E-state index < -0.39 is 0 Å². The van der Waals surface area contributed by atoms with Crippen LogP contribution in [0.2, 0.25) is 0 Å². The van der Waals surface area contributed by atoms with Gasteiger partial charge in [0.15, 0.2) is 0 Å². The molecule has 1 aliphatic rings. The molecule has 1 aliphatic heterocycles. The van der Waals surface area contributed by atoms with Crippen molar-refractivity contribution in [2.45, 2.75) is 19.3 Å². The van der Waals surface area contributed by atoms with Gasteiger partial charge in [-0.2, -0.15) is 0 Å². The van der Waals surface area contributed by atoms with Crippen molar-refractivity contribution in [2.75, 3.05) is 25.1 Å². The molecule has 2 rings (SSSR count). The zero-order valence-electron chi connectivity index (χ0n) is 11.4. The summed E-state index contributed by atoms with van der Waals surface area (Å²) in [5.41, 5.74) is 1.60. The first-order valence-electron chi connectivity index (χ1n) is 6.88. The number of nitrogens with one attached hydrogen (secondary N) is 1. The third-order valence-corrected chi connectivity index (χ3v) is 3.19. The fourth-order valence-electron chi connectivity index (χ4n) is 2.10. The Morgan fingerprint density at radius 3 is 2.95 bits per heavy atom. The second-order valence-corrected chi connectivity index (χ2v) is 4.73. The first-order chi connectivity index (χ1) is 9.79. The number of aliphatic hydroxyl groups is 1. The second kappa shape index (κ2) is 7.68. The quantitative estimate of drug-likeness (QED) is 0.825. The maximum atomic E-state index is 12.1. The van der Waals surface area contributed by atoms with Gasteiger partial charge in [0.05, 0.1) is 6.61 Å². The third-order valence-electron chi connectivity index (χ3n) is 3.19. The largest absolute Gasteiger partial charge is 0.395 e. The monoisotopic (exact) mass is 273 g/mol. The van der Waals surface area contributed by atoms with Crippen LogP contribution in [0.4, 0.5) is 5.69 Å². The van der Waals surface area contributed by atoms with Crippen molar-refractivity contribution in [3.63, 3.8) is 0 Å². The Morgan fingerprint density at radius 2 is 2.20 bits per heavy atom. The Hall–Kier alpha value is -1.83. The Kier molecular flexibility index (Phi) is 5.60. The van der Waals surface area contributed by atoms with Gasteiger partial charge in [0, 0.05) is 36.8 Å². The van der Waals surface area contributed by atoms with E-state index in [1.54, 1.807) is 0 Å². The Morgan fingerprint density at radius 1 is 1.40 bits per heavy atom. The number of carbonyl (C=O) groups excluding carboxylic acids is 1. The molecule has 0 aliphatic carbocycles. The SMILES string of the molecule is O=C(Nc1cccc(C#CCCO)c1)C1CCOCC1. The molecule has 1 aromatic carbocycles. The minimum atomic E-state index is 0.0351. The molecule has 0 bridgehead atoms. The number of rotatable bonds is 3. The zero-order chi connectivity index (χ0) is 14.2. The van der Waals surface area contributed by atoms with Crippen molar-refractivity contribution in [3.8, 4) is 11.8 Å². The fourth-order valence-corrected chi connectivity index (χ4v) is 2.10. The number of hydrogen-bond acceptors (Lipinski definition) is 3. The summed E-state index contributed by atoms with van der Waals surface area (Å²) < 4.78 is 5.26. The van der Waals surface area contributed by atoms with Crippen LogP contribution in [0.15, 0.2) is 24.3 Å². The van der Waals surface area contributed by atoms with Crippen LogP contribution in [0, 0.1) is 17.8 Å². The Bertz CT molecular complexity index is 510. The Labute approximate surface area is 119 Å². The van der Waals surface area contributed by atoms with Crippen LogP contribution in [-0.4, -0.2) is 30.8 Å². The number of ether oxygens (including phenoxy) is 1. The summed E-state index contributed by atoms with van der Waals surface area (Å²) in [6, 6.07) is 7.45. The van der Waals surface area contributed by atoms with Crippen LogP contribution in [-0.2, 0) is 9.53 Å². The molecule has 20 heavy (non-hydrogen) atoms. The maximum absolute atomic E-state index is 12.1. The van der Waals surface area contributed by atoms with E-state index in [9.17, 15) is 4.79 Å². The minimum absolute atomic E-state index is 0.0351. The van der Waals surface area contributed by atoms with E-state index in [-0.39, 0.29) is 18.4 Å². The standard InChI is InChI=1S/C16H19NO3/c18-9-2-1-4-13-5-3-6-15(12-13)17-16(19)14-7-10-20-11-8-14/h3,5-6,12,14,18H,2,7-11H2,(H,17,19).